The van der Waals surface area contributed by atoms with Gasteiger partial charge in [0.2, 0.25) is 11.6 Å². The highest BCUT2D eigenvalue weighted by Gasteiger charge is 2.15. The molecule has 1 aromatic carbocycles. The van der Waals surface area contributed by atoms with Crippen molar-refractivity contribution in [1.82, 2.24) is 15.3 Å². The predicted octanol–water partition coefficient (Wildman–Crippen LogP) is 2.39. The Morgan fingerprint density at radius 2 is 2.00 bits per heavy atom. The molecule has 21 heavy (non-hydrogen) atoms. The lowest BCUT2D eigenvalue weighted by Crippen LogP contribution is -2.04. The molecule has 0 radical (unpaired) electrons. The largest absolute Gasteiger partial charge is 0.450 e. The molecule has 0 atom stereocenters. The number of benzene rings is 1. The molecule has 3 aromatic rings. The molecule has 7 heteroatoms. The van der Waals surface area contributed by atoms with Crippen LogP contribution in [0.4, 0.5) is 0 Å². The molecule has 0 aliphatic carbocycles. The lowest BCUT2D eigenvalue weighted by Gasteiger charge is -1.96. The van der Waals surface area contributed by atoms with Crippen LogP contribution in [0, 0.1) is 6.92 Å². The molecule has 7 nitrogen and oxygen atoms in total. The Bertz CT molecular complexity index is 748. The van der Waals surface area contributed by atoms with Gasteiger partial charge in [0.25, 0.3) is 5.89 Å². The van der Waals surface area contributed by atoms with Crippen molar-refractivity contribution < 1.29 is 18.6 Å². The van der Waals surface area contributed by atoms with Crippen molar-refractivity contribution >= 4 is 5.97 Å². The number of carbonyl (C=O) groups is 1. The monoisotopic (exact) mass is 285 g/mol. The number of aryl methyl sites for hydroxylation is 1. The molecule has 0 aliphatic heterocycles. The van der Waals surface area contributed by atoms with Gasteiger partial charge in [-0.25, -0.2) is 4.79 Å². The average molecular weight is 285 g/mol. The van der Waals surface area contributed by atoms with E-state index in [1.54, 1.807) is 6.92 Å². The zero-order valence-electron chi connectivity index (χ0n) is 11.1. The van der Waals surface area contributed by atoms with E-state index < -0.39 is 5.97 Å². The van der Waals surface area contributed by atoms with Gasteiger partial charge in [0.15, 0.2) is 6.61 Å². The number of hydrogen-bond acceptors (Lipinski definition) is 7. The first-order valence-electron chi connectivity index (χ1n) is 6.21. The molecule has 0 bridgehead atoms. The molecule has 0 N–H and O–H groups in total. The summed E-state index contributed by atoms with van der Waals surface area (Å²) in [5.41, 5.74) is 1.43. The topological polar surface area (TPSA) is 91.2 Å². The summed E-state index contributed by atoms with van der Waals surface area (Å²) in [5.74, 6) is 0.0564. The predicted molar refractivity (Wildman–Crippen MR) is 70.1 cm³/mol. The zero-order chi connectivity index (χ0) is 14.7. The summed E-state index contributed by atoms with van der Waals surface area (Å²) in [7, 11) is 0. The fourth-order valence-corrected chi connectivity index (χ4v) is 1.68. The fourth-order valence-electron chi connectivity index (χ4n) is 1.68. The number of nitrogens with zero attached hydrogens (tertiary/aromatic N) is 3. The van der Waals surface area contributed by atoms with Crippen LogP contribution in [0.1, 0.15) is 22.1 Å². The first-order chi connectivity index (χ1) is 10.2. The van der Waals surface area contributed by atoms with E-state index in [1.165, 1.54) is 6.07 Å². The Kier molecular flexibility index (Phi) is 3.46. The molecular formula is C14H11N3O4. The summed E-state index contributed by atoms with van der Waals surface area (Å²) in [6.07, 6.45) is 0. The van der Waals surface area contributed by atoms with Crippen LogP contribution in [-0.2, 0) is 11.3 Å². The van der Waals surface area contributed by atoms with Crippen molar-refractivity contribution in [2.75, 3.05) is 0 Å². The SMILES string of the molecule is Cc1cc(C(=O)OCc2nc(-c3ccccc3)no2)on1. The summed E-state index contributed by atoms with van der Waals surface area (Å²) < 4.78 is 14.8. The average Bonchev–Trinajstić information content (AvgIpc) is 3.15. The second-order valence-electron chi connectivity index (χ2n) is 4.29. The highest BCUT2D eigenvalue weighted by atomic mass is 16.6. The van der Waals surface area contributed by atoms with Crippen LogP contribution in [-0.4, -0.2) is 21.3 Å². The second kappa shape index (κ2) is 5.58. The van der Waals surface area contributed by atoms with E-state index in [4.69, 9.17) is 13.8 Å². The van der Waals surface area contributed by atoms with Crippen LogP contribution in [0.15, 0.2) is 45.4 Å². The number of ether oxygens (including phenoxy) is 1. The number of carbonyl (C=O) groups excluding carboxylic acids is 1. The summed E-state index contributed by atoms with van der Waals surface area (Å²) in [4.78, 5) is 15.8. The first kappa shape index (κ1) is 13.0. The van der Waals surface area contributed by atoms with Gasteiger partial charge >= 0.3 is 5.97 Å². The van der Waals surface area contributed by atoms with Crippen molar-refractivity contribution in [3.05, 3.63) is 53.7 Å². The third-order valence-electron chi connectivity index (χ3n) is 2.66. The zero-order valence-corrected chi connectivity index (χ0v) is 11.1. The Hall–Kier alpha value is -2.96. The van der Waals surface area contributed by atoms with Gasteiger partial charge in [0.1, 0.15) is 0 Å². The minimum absolute atomic E-state index is 0.0373. The molecule has 0 aliphatic rings. The van der Waals surface area contributed by atoms with E-state index in [0.717, 1.165) is 5.56 Å². The summed E-state index contributed by atoms with van der Waals surface area (Å²) in [5, 5.41) is 7.44. The Balaban J connectivity index is 1.64. The van der Waals surface area contributed by atoms with Crippen LogP contribution in [0.2, 0.25) is 0 Å². The standard InChI is InChI=1S/C14H11N3O4/c1-9-7-11(20-16-9)14(18)19-8-12-15-13(17-21-12)10-5-3-2-4-6-10/h2-7H,8H2,1H3. The van der Waals surface area contributed by atoms with Crippen LogP contribution >= 0.6 is 0 Å². The molecule has 0 saturated carbocycles. The van der Waals surface area contributed by atoms with Gasteiger partial charge in [0.05, 0.1) is 5.69 Å². The minimum Gasteiger partial charge on any atom is -0.450 e. The van der Waals surface area contributed by atoms with Gasteiger partial charge < -0.3 is 13.8 Å². The molecular weight excluding hydrogens is 274 g/mol. The molecule has 0 saturated heterocycles. The van der Waals surface area contributed by atoms with Gasteiger partial charge in [-0.2, -0.15) is 4.98 Å². The Morgan fingerprint density at radius 1 is 1.19 bits per heavy atom. The number of hydrogen-bond donors (Lipinski definition) is 0. The van der Waals surface area contributed by atoms with Gasteiger partial charge in [-0.3, -0.25) is 0 Å². The van der Waals surface area contributed by atoms with Gasteiger partial charge in [-0.15, -0.1) is 0 Å². The second-order valence-corrected chi connectivity index (χ2v) is 4.29. The van der Waals surface area contributed by atoms with Crippen LogP contribution in [0.25, 0.3) is 11.4 Å². The van der Waals surface area contributed by atoms with E-state index in [2.05, 4.69) is 15.3 Å². The number of aromatic nitrogens is 3. The van der Waals surface area contributed by atoms with Crippen LogP contribution < -0.4 is 0 Å². The van der Waals surface area contributed by atoms with Crippen molar-refractivity contribution in [2.24, 2.45) is 0 Å². The van der Waals surface area contributed by atoms with Crippen molar-refractivity contribution in [1.29, 1.82) is 0 Å². The van der Waals surface area contributed by atoms with E-state index in [0.29, 0.717) is 11.5 Å². The van der Waals surface area contributed by atoms with Crippen LogP contribution in [0.3, 0.4) is 0 Å². The lowest BCUT2D eigenvalue weighted by molar-refractivity contribution is 0.0383. The van der Waals surface area contributed by atoms with E-state index in [9.17, 15) is 4.79 Å². The minimum atomic E-state index is -0.630. The van der Waals surface area contributed by atoms with Gasteiger partial charge in [-0.1, -0.05) is 40.6 Å². The van der Waals surface area contributed by atoms with Crippen LogP contribution in [0.5, 0.6) is 0 Å². The number of rotatable bonds is 4. The summed E-state index contributed by atoms with van der Waals surface area (Å²) in [6, 6.07) is 10.8. The summed E-state index contributed by atoms with van der Waals surface area (Å²) in [6.45, 7) is 1.59. The molecule has 0 spiro atoms. The van der Waals surface area contributed by atoms with Crippen molar-refractivity contribution in [3.63, 3.8) is 0 Å². The quantitative estimate of drug-likeness (QED) is 0.679. The van der Waals surface area contributed by atoms with Gasteiger partial charge in [0, 0.05) is 11.6 Å². The highest BCUT2D eigenvalue weighted by Crippen LogP contribution is 2.15. The smallest absolute Gasteiger partial charge is 0.377 e. The normalized spacial score (nSPS) is 10.5. The van der Waals surface area contributed by atoms with E-state index in [-0.39, 0.29) is 18.3 Å². The maximum Gasteiger partial charge on any atom is 0.377 e. The maximum atomic E-state index is 11.7. The molecule has 106 valence electrons. The van der Waals surface area contributed by atoms with E-state index >= 15 is 0 Å². The Labute approximate surface area is 119 Å². The third-order valence-corrected chi connectivity index (χ3v) is 2.66. The third kappa shape index (κ3) is 2.97. The Morgan fingerprint density at radius 3 is 2.71 bits per heavy atom. The fraction of sp³-hybridized carbons (Fsp3) is 0.143. The van der Waals surface area contributed by atoms with Crippen molar-refractivity contribution in [3.8, 4) is 11.4 Å². The van der Waals surface area contributed by atoms with E-state index in [1.807, 2.05) is 30.3 Å². The number of esters is 1. The molecule has 3 rings (SSSR count). The van der Waals surface area contributed by atoms with Crippen molar-refractivity contribution in [2.45, 2.75) is 13.5 Å². The van der Waals surface area contributed by atoms with Gasteiger partial charge in [-0.05, 0) is 6.92 Å². The summed E-state index contributed by atoms with van der Waals surface area (Å²) >= 11 is 0. The molecule has 0 unspecified atom stereocenters. The molecule has 0 amide bonds. The molecule has 2 heterocycles. The maximum absolute atomic E-state index is 11.7. The molecule has 2 aromatic heterocycles. The highest BCUT2D eigenvalue weighted by molar-refractivity contribution is 5.86. The molecule has 0 fully saturated rings. The first-order valence-corrected chi connectivity index (χ1v) is 6.21. The lowest BCUT2D eigenvalue weighted by atomic mass is 10.2.